The van der Waals surface area contributed by atoms with E-state index in [1.807, 2.05) is 0 Å². The molecule has 158 valence electrons. The van der Waals surface area contributed by atoms with Gasteiger partial charge in [-0.3, -0.25) is 5.32 Å². The number of amides is 1. The van der Waals surface area contributed by atoms with Gasteiger partial charge in [-0.2, -0.15) is 5.26 Å². The first-order valence-electron chi connectivity index (χ1n) is 9.71. The predicted octanol–water partition coefficient (Wildman–Crippen LogP) is 4.72. The second kappa shape index (κ2) is 8.75. The van der Waals surface area contributed by atoms with E-state index >= 15 is 0 Å². The number of azo groups is 1. The number of nitrogens with zero attached hydrogens (tertiary/aromatic N) is 5. The maximum Gasteiger partial charge on any atom is 0.412 e. The van der Waals surface area contributed by atoms with E-state index in [9.17, 15) is 10.1 Å². The van der Waals surface area contributed by atoms with Gasteiger partial charge < -0.3 is 9.47 Å². The van der Waals surface area contributed by atoms with Gasteiger partial charge in [0.25, 0.3) is 0 Å². The zero-order chi connectivity index (χ0) is 21.8. The number of carbonyl (C=O) groups excluding carboxylic acids is 1. The molecule has 2 atom stereocenters. The first kappa shape index (κ1) is 20.8. The van der Waals surface area contributed by atoms with Crippen LogP contribution in [0.5, 0.6) is 0 Å². The molecule has 1 fully saturated rings. The number of anilines is 1. The molecule has 2 unspecified atom stereocenters. The van der Waals surface area contributed by atoms with Crippen LogP contribution in [0.3, 0.4) is 0 Å². The van der Waals surface area contributed by atoms with Gasteiger partial charge >= 0.3 is 6.09 Å². The molecule has 2 aromatic rings. The minimum absolute atomic E-state index is 0.269. The number of methoxy groups -OCH3 is 1. The standard InChI is InChI=1S/C21H20N6O3S/c1-3-14-15(11-22)18(13-7-8-23-17(10-13)26-20(28)29-2)31-19(14)21(24-12-25-27-21)16-6-4-5-9-30-16/h3,7-8,10,12,16H,1,4-6,9H2,2H3,(H,23,26,28). The fourth-order valence-corrected chi connectivity index (χ4v) is 5.11. The van der Waals surface area contributed by atoms with Gasteiger partial charge in [-0.05, 0) is 37.0 Å². The molecule has 2 aliphatic heterocycles. The number of thiophene rings is 1. The Morgan fingerprint density at radius 2 is 2.39 bits per heavy atom. The van der Waals surface area contributed by atoms with E-state index in [0.717, 1.165) is 29.7 Å². The lowest BCUT2D eigenvalue weighted by Crippen LogP contribution is -2.39. The first-order chi connectivity index (χ1) is 15.1. The maximum absolute atomic E-state index is 11.6. The zero-order valence-corrected chi connectivity index (χ0v) is 17.7. The van der Waals surface area contributed by atoms with Crippen molar-refractivity contribution in [2.75, 3.05) is 19.0 Å². The van der Waals surface area contributed by atoms with Gasteiger partial charge in [0.1, 0.15) is 24.3 Å². The molecule has 0 saturated carbocycles. The molecule has 0 bridgehead atoms. The third-order valence-electron chi connectivity index (χ3n) is 5.18. The van der Waals surface area contributed by atoms with Crippen LogP contribution < -0.4 is 5.32 Å². The highest BCUT2D eigenvalue weighted by Crippen LogP contribution is 2.49. The highest BCUT2D eigenvalue weighted by Gasteiger charge is 2.47. The molecule has 4 rings (SSSR count). The van der Waals surface area contributed by atoms with Crippen molar-refractivity contribution < 1.29 is 14.3 Å². The van der Waals surface area contributed by atoms with Crippen molar-refractivity contribution in [1.82, 2.24) is 4.98 Å². The van der Waals surface area contributed by atoms with Crippen LogP contribution in [0.25, 0.3) is 16.5 Å². The number of aromatic nitrogens is 1. The van der Waals surface area contributed by atoms with Crippen LogP contribution in [-0.4, -0.2) is 37.2 Å². The Hall–Kier alpha value is -3.42. The quantitative estimate of drug-likeness (QED) is 0.727. The normalized spacial score (nSPS) is 22.1. The Morgan fingerprint density at radius 3 is 3.03 bits per heavy atom. The average Bonchev–Trinajstić information content (AvgIpc) is 3.45. The SMILES string of the molecule is C=Cc1c(C2(C3CCCCO3)N=CN=N2)sc(-c2ccnc(NC(=O)OC)c2)c1C#N. The summed E-state index contributed by atoms with van der Waals surface area (Å²) in [5.41, 5.74) is 0.807. The van der Waals surface area contributed by atoms with Crippen LogP contribution in [0.15, 0.2) is 40.1 Å². The van der Waals surface area contributed by atoms with Gasteiger partial charge in [0.05, 0.1) is 22.4 Å². The summed E-state index contributed by atoms with van der Waals surface area (Å²) in [4.78, 5) is 21.8. The van der Waals surface area contributed by atoms with Crippen molar-refractivity contribution in [1.29, 1.82) is 5.26 Å². The summed E-state index contributed by atoms with van der Waals surface area (Å²) in [6, 6.07) is 5.75. The smallest absolute Gasteiger partial charge is 0.412 e. The van der Waals surface area contributed by atoms with Crippen LogP contribution in [0, 0.1) is 11.3 Å². The third kappa shape index (κ3) is 3.73. The van der Waals surface area contributed by atoms with Gasteiger partial charge in [-0.15, -0.1) is 21.6 Å². The van der Waals surface area contributed by atoms with E-state index in [1.54, 1.807) is 24.4 Å². The molecule has 0 aliphatic carbocycles. The summed E-state index contributed by atoms with van der Waals surface area (Å²) in [5.74, 6) is 0.312. The number of nitrogens with one attached hydrogen (secondary N) is 1. The summed E-state index contributed by atoms with van der Waals surface area (Å²) in [6.45, 7) is 4.56. The molecule has 10 heteroatoms. The largest absolute Gasteiger partial charge is 0.453 e. The monoisotopic (exact) mass is 436 g/mol. The van der Waals surface area contributed by atoms with E-state index in [1.165, 1.54) is 24.8 Å². The topological polar surface area (TPSA) is 121 Å². The lowest BCUT2D eigenvalue weighted by Gasteiger charge is -2.33. The van der Waals surface area contributed by atoms with Crippen LogP contribution in [0.4, 0.5) is 10.6 Å². The van der Waals surface area contributed by atoms with Crippen molar-refractivity contribution in [2.24, 2.45) is 15.2 Å². The summed E-state index contributed by atoms with van der Waals surface area (Å²) < 4.78 is 10.7. The molecule has 9 nitrogen and oxygen atoms in total. The number of aliphatic imine (C=N–C) groups is 1. The molecule has 31 heavy (non-hydrogen) atoms. The van der Waals surface area contributed by atoms with Gasteiger partial charge in [0.2, 0.25) is 5.66 Å². The lowest BCUT2D eigenvalue weighted by molar-refractivity contribution is -0.0306. The second-order valence-electron chi connectivity index (χ2n) is 6.95. The van der Waals surface area contributed by atoms with Crippen molar-refractivity contribution in [3.05, 3.63) is 40.9 Å². The summed E-state index contributed by atoms with van der Waals surface area (Å²) in [5, 5.41) is 21.0. The number of hydrogen-bond acceptors (Lipinski definition) is 9. The van der Waals surface area contributed by atoms with Crippen molar-refractivity contribution in [3.63, 3.8) is 0 Å². The van der Waals surface area contributed by atoms with E-state index in [0.29, 0.717) is 28.4 Å². The molecule has 2 aromatic heterocycles. The van der Waals surface area contributed by atoms with Crippen LogP contribution in [0.2, 0.25) is 0 Å². The van der Waals surface area contributed by atoms with Crippen LogP contribution in [-0.2, 0) is 15.1 Å². The van der Waals surface area contributed by atoms with Gasteiger partial charge in [0, 0.05) is 18.4 Å². The van der Waals surface area contributed by atoms with Crippen LogP contribution >= 0.6 is 11.3 Å². The Morgan fingerprint density at radius 1 is 1.52 bits per heavy atom. The number of nitriles is 1. The predicted molar refractivity (Wildman–Crippen MR) is 117 cm³/mol. The van der Waals surface area contributed by atoms with Gasteiger partial charge in [-0.25, -0.2) is 14.8 Å². The van der Waals surface area contributed by atoms with Gasteiger partial charge in [-0.1, -0.05) is 12.7 Å². The number of carbonyl (C=O) groups is 1. The van der Waals surface area contributed by atoms with E-state index in [4.69, 9.17) is 4.74 Å². The fourth-order valence-electron chi connectivity index (χ4n) is 3.73. The maximum atomic E-state index is 11.6. The molecule has 0 radical (unpaired) electrons. The van der Waals surface area contributed by atoms with E-state index in [2.05, 4.69) is 42.9 Å². The lowest BCUT2D eigenvalue weighted by atomic mass is 9.92. The molecule has 4 heterocycles. The Bertz CT molecular complexity index is 1100. The summed E-state index contributed by atoms with van der Waals surface area (Å²) in [6.07, 6.45) is 6.54. The van der Waals surface area contributed by atoms with Crippen molar-refractivity contribution >= 4 is 35.7 Å². The van der Waals surface area contributed by atoms with E-state index in [-0.39, 0.29) is 6.10 Å². The second-order valence-corrected chi connectivity index (χ2v) is 7.97. The number of hydrogen-bond donors (Lipinski definition) is 1. The first-order valence-corrected chi connectivity index (χ1v) is 10.5. The molecule has 1 saturated heterocycles. The molecule has 0 spiro atoms. The fraction of sp³-hybridized carbons (Fsp3) is 0.333. The Labute approximate surface area is 183 Å². The average molecular weight is 436 g/mol. The number of pyridine rings is 1. The minimum atomic E-state index is -1.03. The summed E-state index contributed by atoms with van der Waals surface area (Å²) >= 11 is 1.40. The van der Waals surface area contributed by atoms with Crippen LogP contribution in [0.1, 0.15) is 35.3 Å². The van der Waals surface area contributed by atoms with Crippen molar-refractivity contribution in [2.45, 2.75) is 31.0 Å². The van der Waals surface area contributed by atoms with Gasteiger partial charge in [0.15, 0.2) is 0 Å². The highest BCUT2D eigenvalue weighted by atomic mass is 32.1. The minimum Gasteiger partial charge on any atom is -0.453 e. The molecular formula is C21H20N6O3S. The highest BCUT2D eigenvalue weighted by molar-refractivity contribution is 7.16. The molecule has 1 N–H and O–H groups in total. The van der Waals surface area contributed by atoms with Crippen molar-refractivity contribution in [3.8, 4) is 16.5 Å². The number of rotatable bonds is 5. The summed E-state index contributed by atoms with van der Waals surface area (Å²) in [7, 11) is 1.28. The third-order valence-corrected chi connectivity index (χ3v) is 6.55. The zero-order valence-electron chi connectivity index (χ0n) is 16.9. The molecule has 1 amide bonds. The number of ether oxygens (including phenoxy) is 2. The van der Waals surface area contributed by atoms with E-state index < -0.39 is 11.8 Å². The molecule has 2 aliphatic rings. The molecule has 0 aromatic carbocycles. The Kier molecular flexibility index (Phi) is 5.88. The Balaban J connectivity index is 1.84. The molecular weight excluding hydrogens is 416 g/mol.